The van der Waals surface area contributed by atoms with Crippen LogP contribution in [0.15, 0.2) is 24.4 Å². The third-order valence-corrected chi connectivity index (χ3v) is 6.84. The number of halogens is 1. The molecule has 0 radical (unpaired) electrons. The average Bonchev–Trinajstić information content (AvgIpc) is 3.14. The molecule has 0 spiro atoms. The van der Waals surface area contributed by atoms with Crippen LogP contribution in [0.5, 0.6) is 0 Å². The zero-order valence-electron chi connectivity index (χ0n) is 19.5. The van der Waals surface area contributed by atoms with E-state index in [1.165, 1.54) is 5.56 Å². The molecule has 0 bridgehead atoms. The van der Waals surface area contributed by atoms with Gasteiger partial charge in [-0.25, -0.2) is 9.97 Å². The lowest BCUT2D eigenvalue weighted by molar-refractivity contribution is 0.224. The maximum absolute atomic E-state index is 6.14. The van der Waals surface area contributed by atoms with Crippen LogP contribution in [0.3, 0.4) is 0 Å². The van der Waals surface area contributed by atoms with Crippen LogP contribution in [0.4, 0.5) is 5.95 Å². The molecular weight excluding hydrogens is 458 g/mol. The Morgan fingerprint density at radius 3 is 2.62 bits per heavy atom. The minimum atomic E-state index is 0. The Morgan fingerprint density at radius 1 is 1.12 bits per heavy atom. The van der Waals surface area contributed by atoms with E-state index in [9.17, 15) is 0 Å². The van der Waals surface area contributed by atoms with Crippen molar-refractivity contribution < 1.29 is 16.4 Å². The summed E-state index contributed by atoms with van der Waals surface area (Å²) in [6.45, 7) is 5.97. The van der Waals surface area contributed by atoms with Crippen molar-refractivity contribution in [2.24, 2.45) is 5.73 Å². The van der Waals surface area contributed by atoms with Gasteiger partial charge in [-0.1, -0.05) is 23.7 Å². The summed E-state index contributed by atoms with van der Waals surface area (Å²) in [6.07, 6.45) is 6.87. The van der Waals surface area contributed by atoms with Crippen LogP contribution in [-0.2, 0) is 6.42 Å². The summed E-state index contributed by atoms with van der Waals surface area (Å²) < 4.78 is 2.36. The fourth-order valence-corrected chi connectivity index (χ4v) is 5.22. The molecule has 1 atom stereocenters. The predicted octanol–water partition coefficient (Wildman–Crippen LogP) is 1.07. The van der Waals surface area contributed by atoms with E-state index < -0.39 is 0 Å². The lowest BCUT2D eigenvalue weighted by Crippen LogP contribution is -2.41. The topological polar surface area (TPSA) is 179 Å². The molecule has 9 N–H and O–H groups in total. The molecule has 2 aliphatic rings. The van der Waals surface area contributed by atoms with Gasteiger partial charge in [-0.05, 0) is 50.7 Å². The first-order valence-electron chi connectivity index (χ1n) is 11.3. The second-order valence-corrected chi connectivity index (χ2v) is 9.12. The number of aryl methyl sites for hydroxylation is 2. The number of likely N-dealkylation sites (tertiary alicyclic amines) is 1. The first-order valence-corrected chi connectivity index (χ1v) is 11.7. The maximum Gasteiger partial charge on any atom is 0.204 e. The number of hydrogen-bond acceptors (Lipinski definition) is 6. The second kappa shape index (κ2) is 11.9. The van der Waals surface area contributed by atoms with E-state index >= 15 is 0 Å². The van der Waals surface area contributed by atoms with Gasteiger partial charge in [0.2, 0.25) is 5.95 Å². The highest BCUT2D eigenvalue weighted by Gasteiger charge is 2.30. The first-order chi connectivity index (χ1) is 15.1. The number of benzene rings is 1. The molecular formula is C23H36ClN7O3. The van der Waals surface area contributed by atoms with Gasteiger partial charge >= 0.3 is 0 Å². The number of rotatable bonds is 5. The molecule has 1 aliphatic carbocycles. The number of imidazole rings is 1. The van der Waals surface area contributed by atoms with Gasteiger partial charge in [0, 0.05) is 32.2 Å². The van der Waals surface area contributed by atoms with Crippen molar-refractivity contribution in [3.63, 3.8) is 0 Å². The van der Waals surface area contributed by atoms with Crippen LogP contribution in [0.1, 0.15) is 48.7 Å². The van der Waals surface area contributed by atoms with E-state index in [0.717, 1.165) is 86.7 Å². The van der Waals surface area contributed by atoms with Gasteiger partial charge < -0.3 is 36.9 Å². The van der Waals surface area contributed by atoms with E-state index in [1.807, 2.05) is 0 Å². The van der Waals surface area contributed by atoms with Crippen molar-refractivity contribution in [2.75, 3.05) is 31.5 Å². The van der Waals surface area contributed by atoms with Crippen LogP contribution in [0.25, 0.3) is 11.0 Å². The van der Waals surface area contributed by atoms with Crippen LogP contribution in [0.2, 0.25) is 5.15 Å². The smallest absolute Gasteiger partial charge is 0.204 e. The van der Waals surface area contributed by atoms with Crippen molar-refractivity contribution in [1.82, 2.24) is 24.4 Å². The van der Waals surface area contributed by atoms with E-state index in [-0.39, 0.29) is 22.5 Å². The van der Waals surface area contributed by atoms with E-state index in [4.69, 9.17) is 27.3 Å². The Hall–Kier alpha value is -2.34. The van der Waals surface area contributed by atoms with E-state index in [0.29, 0.717) is 11.2 Å². The normalized spacial score (nSPS) is 18.4. The standard InChI is InChI=1S/C23H30ClN7.3H2O/c1-15-4-2-6-18-21(15)29-23(27-16-8-11-30(12-9-16)13-10-25)31(18)19-7-3-5-17-22(19)26-14-20(24)28-17;;;/h2,4,6,14,16,19H,3,5,7-13,25H2,1H3,(H,27,29);3*1H2. The Balaban J connectivity index is 0.00000136. The molecule has 0 saturated carbocycles. The Labute approximate surface area is 204 Å². The number of anilines is 1. The number of nitrogens with two attached hydrogens (primary N) is 1. The van der Waals surface area contributed by atoms with Crippen LogP contribution >= 0.6 is 11.6 Å². The average molecular weight is 494 g/mol. The number of para-hydroxylation sites is 1. The van der Waals surface area contributed by atoms with Gasteiger partial charge in [0.1, 0.15) is 5.15 Å². The van der Waals surface area contributed by atoms with Crippen molar-refractivity contribution in [3.05, 3.63) is 46.5 Å². The summed E-state index contributed by atoms with van der Waals surface area (Å²) in [7, 11) is 0. The molecule has 2 aromatic heterocycles. The number of aromatic nitrogens is 4. The van der Waals surface area contributed by atoms with Gasteiger partial charge in [-0.15, -0.1) is 0 Å². The van der Waals surface area contributed by atoms with Gasteiger partial charge in [0.05, 0.1) is 34.7 Å². The van der Waals surface area contributed by atoms with Crippen LogP contribution in [0, 0.1) is 6.92 Å². The summed E-state index contributed by atoms with van der Waals surface area (Å²) in [6, 6.07) is 6.93. The summed E-state index contributed by atoms with van der Waals surface area (Å²) >= 11 is 6.14. The summed E-state index contributed by atoms with van der Waals surface area (Å²) in [4.78, 5) is 16.8. The second-order valence-electron chi connectivity index (χ2n) is 8.73. The molecule has 3 heterocycles. The predicted molar refractivity (Wildman–Crippen MR) is 136 cm³/mol. The summed E-state index contributed by atoms with van der Waals surface area (Å²) in [5.41, 5.74) is 11.2. The van der Waals surface area contributed by atoms with Crippen molar-refractivity contribution in [2.45, 2.75) is 51.1 Å². The SMILES string of the molecule is Cc1cccc2c1nc(NC1CCN(CCN)CC1)n2C1CCCc2nc(Cl)cnc21.O.O.O. The van der Waals surface area contributed by atoms with Crippen LogP contribution in [-0.4, -0.2) is 73.1 Å². The number of piperidine rings is 1. The molecule has 0 amide bonds. The molecule has 1 saturated heterocycles. The molecule has 1 aliphatic heterocycles. The highest BCUT2D eigenvalue weighted by molar-refractivity contribution is 6.29. The maximum atomic E-state index is 6.14. The molecule has 3 aromatic rings. The lowest BCUT2D eigenvalue weighted by atomic mass is 9.95. The largest absolute Gasteiger partial charge is 0.412 e. The fourth-order valence-electron chi connectivity index (χ4n) is 5.07. The quantitative estimate of drug-likeness (QED) is 0.536. The third-order valence-electron chi connectivity index (χ3n) is 6.65. The van der Waals surface area contributed by atoms with E-state index in [1.54, 1.807) is 6.20 Å². The molecule has 11 heteroatoms. The fraction of sp³-hybridized carbons (Fsp3) is 0.522. The Morgan fingerprint density at radius 2 is 1.88 bits per heavy atom. The van der Waals surface area contributed by atoms with Crippen LogP contribution < -0.4 is 11.1 Å². The minimum absolute atomic E-state index is 0. The van der Waals surface area contributed by atoms with Crippen molar-refractivity contribution in [3.8, 4) is 0 Å². The van der Waals surface area contributed by atoms with E-state index in [2.05, 4.69) is 44.9 Å². The first kappa shape index (κ1) is 27.9. The monoisotopic (exact) mass is 493 g/mol. The molecule has 1 aromatic carbocycles. The molecule has 34 heavy (non-hydrogen) atoms. The molecule has 10 nitrogen and oxygen atoms in total. The highest BCUT2D eigenvalue weighted by Crippen LogP contribution is 2.37. The Kier molecular flexibility index (Phi) is 9.74. The number of nitrogens with zero attached hydrogens (tertiary/aromatic N) is 5. The zero-order chi connectivity index (χ0) is 21.4. The van der Waals surface area contributed by atoms with Gasteiger partial charge in [0.15, 0.2) is 0 Å². The number of nitrogens with one attached hydrogen (secondary N) is 1. The number of hydrogen-bond donors (Lipinski definition) is 2. The lowest BCUT2D eigenvalue weighted by Gasteiger charge is -2.33. The molecule has 1 unspecified atom stereocenters. The summed E-state index contributed by atoms with van der Waals surface area (Å²) in [5, 5.41) is 4.25. The summed E-state index contributed by atoms with van der Waals surface area (Å²) in [5.74, 6) is 0.941. The number of fused-ring (bicyclic) bond motifs is 2. The van der Waals surface area contributed by atoms with Crippen molar-refractivity contribution in [1.29, 1.82) is 0 Å². The molecule has 5 rings (SSSR count). The van der Waals surface area contributed by atoms with Gasteiger partial charge in [-0.2, -0.15) is 0 Å². The van der Waals surface area contributed by atoms with Gasteiger partial charge in [-0.3, -0.25) is 4.98 Å². The van der Waals surface area contributed by atoms with Crippen molar-refractivity contribution >= 4 is 28.6 Å². The highest BCUT2D eigenvalue weighted by atomic mass is 35.5. The minimum Gasteiger partial charge on any atom is -0.412 e. The third kappa shape index (κ3) is 5.32. The van der Waals surface area contributed by atoms with Gasteiger partial charge in [0.25, 0.3) is 0 Å². The molecule has 188 valence electrons. The zero-order valence-corrected chi connectivity index (χ0v) is 20.3. The molecule has 1 fully saturated rings. The Bertz CT molecular complexity index is 1090.